The first-order valence-corrected chi connectivity index (χ1v) is 6.98. The molecule has 0 saturated carbocycles. The van der Waals surface area contributed by atoms with E-state index < -0.39 is 0 Å². The molecule has 0 amide bonds. The van der Waals surface area contributed by atoms with Crippen LogP contribution in [-0.2, 0) is 19.4 Å². The lowest BCUT2D eigenvalue weighted by Gasteiger charge is -2.06. The summed E-state index contributed by atoms with van der Waals surface area (Å²) in [4.78, 5) is 16.8. The summed E-state index contributed by atoms with van der Waals surface area (Å²) < 4.78 is 1.64. The summed E-state index contributed by atoms with van der Waals surface area (Å²) in [5, 5.41) is 14.4. The van der Waals surface area contributed by atoms with Gasteiger partial charge in [-0.3, -0.25) is 9.36 Å². The molecule has 1 N–H and O–H groups in total. The minimum absolute atomic E-state index is 0.00316. The maximum atomic E-state index is 12.5. The van der Waals surface area contributed by atoms with E-state index in [0.29, 0.717) is 24.2 Å². The van der Waals surface area contributed by atoms with Crippen LogP contribution < -0.4 is 5.56 Å². The van der Waals surface area contributed by atoms with Crippen LogP contribution in [0.1, 0.15) is 24.7 Å². The molecule has 3 aromatic rings. The normalized spacial score (nSPS) is 11.1. The predicted octanol–water partition coefficient (Wildman–Crippen LogP) is 1.10. The Balaban J connectivity index is 1.82. The summed E-state index contributed by atoms with van der Waals surface area (Å²) in [6.45, 7) is 2.66. The van der Waals surface area contributed by atoms with Gasteiger partial charge in [0.05, 0.1) is 17.2 Å². The fourth-order valence-electron chi connectivity index (χ4n) is 2.28. The Kier molecular flexibility index (Phi) is 3.72. The summed E-state index contributed by atoms with van der Waals surface area (Å²) in [5.41, 5.74) is 1.89. The van der Waals surface area contributed by atoms with E-state index in [1.807, 2.05) is 18.2 Å². The molecule has 0 unspecified atom stereocenters. The standard InChI is InChI=1S/C14H16N6O/c1-2-10-5-6-12-11(8-10)14(21)20(9-15-12)7-3-4-13-16-18-19-17-13/h5-6,8-9H,2-4,7H2,1H3,(H,16,17,18,19). The number of nitrogens with one attached hydrogen (secondary N) is 1. The quantitative estimate of drug-likeness (QED) is 0.758. The molecule has 0 saturated heterocycles. The average molecular weight is 284 g/mol. The van der Waals surface area contributed by atoms with Gasteiger partial charge < -0.3 is 0 Å². The Hall–Kier alpha value is -2.57. The van der Waals surface area contributed by atoms with Crippen molar-refractivity contribution in [3.05, 3.63) is 46.3 Å². The zero-order chi connectivity index (χ0) is 14.7. The van der Waals surface area contributed by atoms with Crippen molar-refractivity contribution in [2.75, 3.05) is 0 Å². The van der Waals surface area contributed by atoms with Gasteiger partial charge in [0.1, 0.15) is 0 Å². The monoisotopic (exact) mass is 284 g/mol. The fraction of sp³-hybridized carbons (Fsp3) is 0.357. The largest absolute Gasteiger partial charge is 0.299 e. The van der Waals surface area contributed by atoms with Crippen molar-refractivity contribution in [1.29, 1.82) is 0 Å². The Bertz CT molecular complexity index is 793. The Labute approximate surface area is 121 Å². The topological polar surface area (TPSA) is 89.3 Å². The summed E-state index contributed by atoms with van der Waals surface area (Å²) in [7, 11) is 0. The van der Waals surface area contributed by atoms with Crippen molar-refractivity contribution in [3.63, 3.8) is 0 Å². The fourth-order valence-corrected chi connectivity index (χ4v) is 2.28. The minimum atomic E-state index is 0.00316. The number of hydrogen-bond acceptors (Lipinski definition) is 5. The highest BCUT2D eigenvalue weighted by Gasteiger charge is 2.05. The maximum absolute atomic E-state index is 12.5. The van der Waals surface area contributed by atoms with Crippen LogP contribution in [0.2, 0.25) is 0 Å². The van der Waals surface area contributed by atoms with Gasteiger partial charge in [-0.25, -0.2) is 4.98 Å². The molecule has 0 fully saturated rings. The van der Waals surface area contributed by atoms with Crippen molar-refractivity contribution in [2.24, 2.45) is 0 Å². The first kappa shape index (κ1) is 13.4. The van der Waals surface area contributed by atoms with Gasteiger partial charge in [0.2, 0.25) is 0 Å². The number of benzene rings is 1. The van der Waals surface area contributed by atoms with E-state index in [1.54, 1.807) is 10.9 Å². The second-order valence-corrected chi connectivity index (χ2v) is 4.88. The third-order valence-corrected chi connectivity index (χ3v) is 3.49. The van der Waals surface area contributed by atoms with Gasteiger partial charge in [0.15, 0.2) is 5.82 Å². The third kappa shape index (κ3) is 2.81. The van der Waals surface area contributed by atoms with Crippen LogP contribution in [0.4, 0.5) is 0 Å². The van der Waals surface area contributed by atoms with Crippen molar-refractivity contribution < 1.29 is 0 Å². The molecule has 0 radical (unpaired) electrons. The number of aromatic nitrogens is 6. The van der Waals surface area contributed by atoms with Crippen molar-refractivity contribution in [3.8, 4) is 0 Å². The Morgan fingerprint density at radius 1 is 1.33 bits per heavy atom. The number of tetrazole rings is 1. The molecule has 21 heavy (non-hydrogen) atoms. The molecule has 2 aromatic heterocycles. The molecule has 0 bridgehead atoms. The second kappa shape index (κ2) is 5.82. The van der Waals surface area contributed by atoms with Gasteiger partial charge in [-0.15, -0.1) is 10.2 Å². The minimum Gasteiger partial charge on any atom is -0.299 e. The lowest BCUT2D eigenvalue weighted by atomic mass is 10.1. The van der Waals surface area contributed by atoms with Crippen LogP contribution in [0.25, 0.3) is 10.9 Å². The molecular formula is C14H16N6O. The van der Waals surface area contributed by atoms with E-state index in [-0.39, 0.29) is 5.56 Å². The number of fused-ring (bicyclic) bond motifs is 1. The zero-order valence-electron chi connectivity index (χ0n) is 11.8. The number of aromatic amines is 1. The second-order valence-electron chi connectivity index (χ2n) is 4.88. The van der Waals surface area contributed by atoms with Gasteiger partial charge in [0.25, 0.3) is 5.56 Å². The van der Waals surface area contributed by atoms with Crippen molar-refractivity contribution in [1.82, 2.24) is 30.2 Å². The highest BCUT2D eigenvalue weighted by atomic mass is 16.1. The Morgan fingerprint density at radius 3 is 3.00 bits per heavy atom. The lowest BCUT2D eigenvalue weighted by Crippen LogP contribution is -2.21. The molecule has 0 spiro atoms. The maximum Gasteiger partial charge on any atom is 0.261 e. The lowest BCUT2D eigenvalue weighted by molar-refractivity contribution is 0.607. The van der Waals surface area contributed by atoms with E-state index in [0.717, 1.165) is 23.9 Å². The molecule has 7 nitrogen and oxygen atoms in total. The van der Waals surface area contributed by atoms with Crippen molar-refractivity contribution in [2.45, 2.75) is 32.7 Å². The average Bonchev–Trinajstić information content (AvgIpc) is 3.03. The molecule has 0 aliphatic carbocycles. The van der Waals surface area contributed by atoms with E-state index in [4.69, 9.17) is 0 Å². The molecule has 0 aliphatic heterocycles. The molecule has 2 heterocycles. The van der Waals surface area contributed by atoms with Crippen LogP contribution in [-0.4, -0.2) is 30.2 Å². The van der Waals surface area contributed by atoms with Crippen LogP contribution in [0.15, 0.2) is 29.3 Å². The van der Waals surface area contributed by atoms with Gasteiger partial charge in [0, 0.05) is 13.0 Å². The number of nitrogens with zero attached hydrogens (tertiary/aromatic N) is 5. The third-order valence-electron chi connectivity index (χ3n) is 3.49. The number of aryl methyl sites for hydroxylation is 3. The first-order chi connectivity index (χ1) is 10.3. The summed E-state index contributed by atoms with van der Waals surface area (Å²) in [5.74, 6) is 0.657. The molecule has 3 rings (SSSR count). The summed E-state index contributed by atoms with van der Waals surface area (Å²) in [6, 6.07) is 5.84. The van der Waals surface area contributed by atoms with E-state index >= 15 is 0 Å². The molecule has 108 valence electrons. The molecule has 7 heteroatoms. The van der Waals surface area contributed by atoms with Crippen LogP contribution >= 0.6 is 0 Å². The van der Waals surface area contributed by atoms with E-state index in [9.17, 15) is 4.79 Å². The smallest absolute Gasteiger partial charge is 0.261 e. The van der Waals surface area contributed by atoms with Crippen molar-refractivity contribution >= 4 is 10.9 Å². The van der Waals surface area contributed by atoms with Gasteiger partial charge in [-0.1, -0.05) is 18.2 Å². The summed E-state index contributed by atoms with van der Waals surface area (Å²) in [6.07, 6.45) is 3.95. The summed E-state index contributed by atoms with van der Waals surface area (Å²) >= 11 is 0. The number of hydrogen-bond donors (Lipinski definition) is 1. The highest BCUT2D eigenvalue weighted by Crippen LogP contribution is 2.10. The number of H-pyrrole nitrogens is 1. The molecule has 0 atom stereocenters. The van der Waals surface area contributed by atoms with Crippen LogP contribution in [0, 0.1) is 0 Å². The van der Waals surface area contributed by atoms with Crippen LogP contribution in [0.5, 0.6) is 0 Å². The van der Waals surface area contributed by atoms with Gasteiger partial charge in [-0.2, -0.15) is 5.21 Å². The molecule has 0 aliphatic rings. The highest BCUT2D eigenvalue weighted by molar-refractivity contribution is 5.78. The SMILES string of the molecule is CCc1ccc2ncn(CCCc3nn[nH]n3)c(=O)c2c1. The van der Waals surface area contributed by atoms with Gasteiger partial charge >= 0.3 is 0 Å². The van der Waals surface area contributed by atoms with E-state index in [2.05, 4.69) is 32.5 Å². The van der Waals surface area contributed by atoms with Crippen LogP contribution in [0.3, 0.4) is 0 Å². The number of rotatable bonds is 5. The van der Waals surface area contributed by atoms with Gasteiger partial charge in [-0.05, 0) is 30.5 Å². The molecule has 1 aromatic carbocycles. The zero-order valence-corrected chi connectivity index (χ0v) is 11.8. The first-order valence-electron chi connectivity index (χ1n) is 6.98. The van der Waals surface area contributed by atoms with E-state index in [1.165, 1.54) is 0 Å². The molecular weight excluding hydrogens is 268 g/mol. The predicted molar refractivity (Wildman–Crippen MR) is 77.9 cm³/mol. The Morgan fingerprint density at radius 2 is 2.24 bits per heavy atom.